The van der Waals surface area contributed by atoms with Gasteiger partial charge in [-0.2, -0.15) is 0 Å². The van der Waals surface area contributed by atoms with Crippen LogP contribution in [-0.4, -0.2) is 61.3 Å². The van der Waals surface area contributed by atoms with Crippen LogP contribution in [0.4, 0.5) is 0 Å². The number of nitrogens with one attached hydrogen (secondary N) is 2. The molecule has 0 amide bonds. The Morgan fingerprint density at radius 3 is 2.70 bits per heavy atom. The minimum atomic E-state index is 0.196. The Hall–Kier alpha value is -0.810. The second-order valence-corrected chi connectivity index (χ2v) is 8.61. The molecule has 5 heteroatoms. The van der Waals surface area contributed by atoms with Crippen molar-refractivity contribution in [3.8, 4) is 0 Å². The van der Waals surface area contributed by atoms with E-state index in [-0.39, 0.29) is 5.41 Å². The van der Waals surface area contributed by atoms with Crippen molar-refractivity contribution in [1.82, 2.24) is 15.5 Å². The largest absolute Gasteiger partial charge is 0.377 e. The topological polar surface area (TPSA) is 48.9 Å². The molecule has 130 valence electrons. The van der Waals surface area contributed by atoms with E-state index in [1.807, 2.05) is 7.05 Å². The monoisotopic (exact) mass is 320 g/mol. The average molecular weight is 320 g/mol. The van der Waals surface area contributed by atoms with E-state index in [0.717, 1.165) is 25.2 Å². The Bertz CT molecular complexity index is 487. The first kappa shape index (κ1) is 15.7. The van der Waals surface area contributed by atoms with Gasteiger partial charge in [0.15, 0.2) is 5.96 Å². The Morgan fingerprint density at radius 2 is 2.00 bits per heavy atom. The van der Waals surface area contributed by atoms with Crippen molar-refractivity contribution in [2.45, 2.75) is 76.7 Å². The molecular weight excluding hydrogens is 288 g/mol. The van der Waals surface area contributed by atoms with Gasteiger partial charge in [-0.3, -0.25) is 9.89 Å². The summed E-state index contributed by atoms with van der Waals surface area (Å²) < 4.78 is 5.90. The van der Waals surface area contributed by atoms with E-state index in [0.29, 0.717) is 30.1 Å². The molecule has 4 aliphatic rings. The summed E-state index contributed by atoms with van der Waals surface area (Å²) in [5, 5.41) is 7.39. The number of ether oxygens (including phenoxy) is 1. The number of hydrogen-bond acceptors (Lipinski definition) is 3. The highest BCUT2D eigenvalue weighted by molar-refractivity contribution is 5.80. The Kier molecular flexibility index (Phi) is 3.84. The zero-order chi connectivity index (χ0) is 16.2. The fourth-order valence-corrected chi connectivity index (χ4v) is 5.20. The minimum absolute atomic E-state index is 0.196. The van der Waals surface area contributed by atoms with Gasteiger partial charge in [0.05, 0.1) is 6.10 Å². The molecule has 2 saturated carbocycles. The SMILES string of the molecule is CN=C(NC1CC(C)N(C2CC2)C1)NC1C2CCOC2C1(C)C. The van der Waals surface area contributed by atoms with E-state index < -0.39 is 0 Å². The predicted octanol–water partition coefficient (Wildman–Crippen LogP) is 1.59. The number of aliphatic imine (C=N–C) groups is 1. The van der Waals surface area contributed by atoms with Gasteiger partial charge in [0, 0.05) is 55.7 Å². The number of guanidine groups is 1. The van der Waals surface area contributed by atoms with Crippen LogP contribution >= 0.6 is 0 Å². The minimum Gasteiger partial charge on any atom is -0.377 e. The summed E-state index contributed by atoms with van der Waals surface area (Å²) in [4.78, 5) is 7.18. The number of likely N-dealkylation sites (tertiary alicyclic amines) is 1. The number of nitrogens with zero attached hydrogens (tertiary/aromatic N) is 2. The molecule has 4 fully saturated rings. The standard InChI is InChI=1S/C18H32N4O/c1-11-9-12(10-22(11)13-5-6-13)20-17(19-4)21-15-14-7-8-23-16(14)18(15,2)3/h11-16H,5-10H2,1-4H3,(H2,19,20,21). The van der Waals surface area contributed by atoms with Crippen LogP contribution in [0.3, 0.4) is 0 Å². The summed E-state index contributed by atoms with van der Waals surface area (Å²) in [6, 6.07) is 2.55. The molecule has 0 radical (unpaired) electrons. The highest BCUT2D eigenvalue weighted by atomic mass is 16.5. The molecule has 2 saturated heterocycles. The lowest BCUT2D eigenvalue weighted by atomic mass is 9.57. The first-order valence-corrected chi connectivity index (χ1v) is 9.38. The van der Waals surface area contributed by atoms with Crippen LogP contribution < -0.4 is 10.6 Å². The summed E-state index contributed by atoms with van der Waals surface area (Å²) in [5.41, 5.74) is 0.196. The van der Waals surface area contributed by atoms with E-state index in [2.05, 4.69) is 41.3 Å². The van der Waals surface area contributed by atoms with Crippen molar-refractivity contribution < 1.29 is 4.74 Å². The van der Waals surface area contributed by atoms with Gasteiger partial charge in [0.25, 0.3) is 0 Å². The highest BCUT2D eigenvalue weighted by Gasteiger charge is 2.59. The summed E-state index contributed by atoms with van der Waals surface area (Å²) >= 11 is 0. The fourth-order valence-electron chi connectivity index (χ4n) is 5.20. The van der Waals surface area contributed by atoms with Gasteiger partial charge in [-0.05, 0) is 32.6 Å². The Labute approximate surface area is 140 Å². The highest BCUT2D eigenvalue weighted by Crippen LogP contribution is 2.52. The number of fused-ring (bicyclic) bond motifs is 1. The lowest BCUT2D eigenvalue weighted by Crippen LogP contribution is -2.68. The zero-order valence-corrected chi connectivity index (χ0v) is 15.0. The van der Waals surface area contributed by atoms with Gasteiger partial charge < -0.3 is 15.4 Å². The molecule has 5 nitrogen and oxygen atoms in total. The van der Waals surface area contributed by atoms with Crippen LogP contribution in [0.25, 0.3) is 0 Å². The summed E-state index contributed by atoms with van der Waals surface area (Å²) in [6.45, 7) is 9.08. The van der Waals surface area contributed by atoms with Gasteiger partial charge in [-0.25, -0.2) is 0 Å². The first-order valence-electron chi connectivity index (χ1n) is 9.38. The smallest absolute Gasteiger partial charge is 0.191 e. The van der Waals surface area contributed by atoms with Crippen LogP contribution in [0.1, 0.15) is 46.5 Å². The quantitative estimate of drug-likeness (QED) is 0.612. The molecule has 5 unspecified atom stereocenters. The van der Waals surface area contributed by atoms with Crippen molar-refractivity contribution >= 4 is 5.96 Å². The van der Waals surface area contributed by atoms with Gasteiger partial charge in [0.2, 0.25) is 0 Å². The van der Waals surface area contributed by atoms with Crippen molar-refractivity contribution in [1.29, 1.82) is 0 Å². The van der Waals surface area contributed by atoms with Gasteiger partial charge in [-0.15, -0.1) is 0 Å². The molecule has 2 N–H and O–H groups in total. The summed E-state index contributed by atoms with van der Waals surface area (Å²) in [6.07, 6.45) is 5.61. The van der Waals surface area contributed by atoms with E-state index in [4.69, 9.17) is 4.74 Å². The fraction of sp³-hybridized carbons (Fsp3) is 0.944. The molecule has 2 aliphatic carbocycles. The normalized spacial score (nSPS) is 43.1. The summed E-state index contributed by atoms with van der Waals surface area (Å²) in [7, 11) is 1.89. The van der Waals surface area contributed by atoms with Gasteiger partial charge in [-0.1, -0.05) is 13.8 Å². The lowest BCUT2D eigenvalue weighted by molar-refractivity contribution is -0.106. The molecule has 0 aromatic carbocycles. The molecule has 2 heterocycles. The second kappa shape index (κ2) is 5.62. The third kappa shape index (κ3) is 2.66. The van der Waals surface area contributed by atoms with E-state index in [9.17, 15) is 0 Å². The maximum absolute atomic E-state index is 5.90. The Balaban J connectivity index is 1.35. The second-order valence-electron chi connectivity index (χ2n) is 8.61. The first-order chi connectivity index (χ1) is 11.0. The molecule has 5 atom stereocenters. The van der Waals surface area contributed by atoms with Gasteiger partial charge >= 0.3 is 0 Å². The van der Waals surface area contributed by atoms with Crippen LogP contribution in [0.5, 0.6) is 0 Å². The molecule has 0 aromatic rings. The Morgan fingerprint density at radius 1 is 1.22 bits per heavy atom. The van der Waals surface area contributed by atoms with Crippen molar-refractivity contribution in [2.24, 2.45) is 16.3 Å². The third-order valence-corrected chi connectivity index (χ3v) is 6.60. The van der Waals surface area contributed by atoms with Crippen LogP contribution in [0.15, 0.2) is 4.99 Å². The molecular formula is C18H32N4O. The van der Waals surface area contributed by atoms with Crippen LogP contribution in [0.2, 0.25) is 0 Å². The molecule has 4 rings (SSSR count). The molecule has 0 spiro atoms. The number of hydrogen-bond donors (Lipinski definition) is 2. The van der Waals surface area contributed by atoms with E-state index >= 15 is 0 Å². The molecule has 0 aromatic heterocycles. The number of rotatable bonds is 3. The van der Waals surface area contributed by atoms with Crippen LogP contribution in [-0.2, 0) is 4.74 Å². The lowest BCUT2D eigenvalue weighted by Gasteiger charge is -2.55. The van der Waals surface area contributed by atoms with E-state index in [1.165, 1.54) is 25.7 Å². The van der Waals surface area contributed by atoms with Crippen LogP contribution in [0, 0.1) is 11.3 Å². The predicted molar refractivity (Wildman–Crippen MR) is 92.6 cm³/mol. The molecule has 23 heavy (non-hydrogen) atoms. The average Bonchev–Trinajstić information content (AvgIpc) is 3.14. The molecule has 2 aliphatic heterocycles. The van der Waals surface area contributed by atoms with E-state index in [1.54, 1.807) is 0 Å². The van der Waals surface area contributed by atoms with Crippen molar-refractivity contribution in [3.63, 3.8) is 0 Å². The summed E-state index contributed by atoms with van der Waals surface area (Å²) in [5.74, 6) is 1.62. The van der Waals surface area contributed by atoms with Gasteiger partial charge in [0.1, 0.15) is 0 Å². The third-order valence-electron chi connectivity index (χ3n) is 6.60. The van der Waals surface area contributed by atoms with Crippen molar-refractivity contribution in [2.75, 3.05) is 20.2 Å². The zero-order valence-electron chi connectivity index (χ0n) is 15.0. The maximum Gasteiger partial charge on any atom is 0.191 e. The van der Waals surface area contributed by atoms with Crippen molar-refractivity contribution in [3.05, 3.63) is 0 Å². The maximum atomic E-state index is 5.90. The molecule has 0 bridgehead atoms.